The lowest BCUT2D eigenvalue weighted by molar-refractivity contribution is -0.150. The van der Waals surface area contributed by atoms with Gasteiger partial charge in [-0.25, -0.2) is 4.79 Å². The highest BCUT2D eigenvalue weighted by atomic mass is 32.2. The molecule has 2 amide bonds. The molecular weight excluding hydrogens is 392 g/mol. The molecule has 0 saturated carbocycles. The summed E-state index contributed by atoms with van der Waals surface area (Å²) in [7, 11) is 0. The molecule has 1 aromatic heterocycles. The number of rotatable bonds is 7. The third kappa shape index (κ3) is 3.88. The van der Waals surface area contributed by atoms with Crippen molar-refractivity contribution in [3.63, 3.8) is 0 Å². The van der Waals surface area contributed by atoms with E-state index in [1.807, 2.05) is 17.5 Å². The molecule has 9 nitrogen and oxygen atoms in total. The minimum Gasteiger partial charge on any atom is -0.477 e. The number of carbonyl (C=O) groups excluding carboxylic acids is 3. The van der Waals surface area contributed by atoms with E-state index in [0.29, 0.717) is 5.57 Å². The highest BCUT2D eigenvalue weighted by molar-refractivity contribution is 8.00. The van der Waals surface area contributed by atoms with Gasteiger partial charge in [0.25, 0.3) is 5.91 Å². The van der Waals surface area contributed by atoms with Crippen LogP contribution in [0, 0.1) is 0 Å². The number of nitrogens with zero attached hydrogens (tertiary/aromatic N) is 2. The second-order valence-electron chi connectivity index (χ2n) is 5.89. The maximum absolute atomic E-state index is 12.5. The van der Waals surface area contributed by atoms with Gasteiger partial charge >= 0.3 is 5.97 Å². The standard InChI is InChI=1S/C16H16N4O5S2/c17-18-6-9(21)4-8-7-27-15-12(14(23)20(15)13(8)16(24)25)19-11(22)5-10-2-1-3-26-10/h1-3,6,12,15H,4-5,7,17H2,(H,19,22)(H,24,25)/t12?,15-/m0/s1. The van der Waals surface area contributed by atoms with Crippen molar-refractivity contribution in [3.05, 3.63) is 33.7 Å². The number of hydrazone groups is 1. The number of amides is 2. The average molecular weight is 408 g/mol. The molecule has 1 fully saturated rings. The van der Waals surface area contributed by atoms with E-state index < -0.39 is 29.1 Å². The largest absolute Gasteiger partial charge is 0.477 e. The number of nitrogens with one attached hydrogen (secondary N) is 1. The molecule has 0 aliphatic carbocycles. The lowest BCUT2D eigenvalue weighted by Gasteiger charge is -2.49. The van der Waals surface area contributed by atoms with Crippen LogP contribution in [0.1, 0.15) is 11.3 Å². The van der Waals surface area contributed by atoms with Crippen LogP contribution in [0.15, 0.2) is 33.9 Å². The number of carboxylic acids is 1. The lowest BCUT2D eigenvalue weighted by Crippen LogP contribution is -2.70. The summed E-state index contributed by atoms with van der Waals surface area (Å²) in [5.74, 6) is 2.67. The van der Waals surface area contributed by atoms with E-state index in [9.17, 15) is 24.3 Å². The number of aliphatic carboxylic acids is 1. The summed E-state index contributed by atoms with van der Waals surface area (Å²) in [6, 6.07) is 2.88. The first-order valence-corrected chi connectivity index (χ1v) is 9.83. The maximum Gasteiger partial charge on any atom is 0.352 e. The molecule has 142 valence electrons. The number of nitrogens with two attached hydrogens (primary N) is 1. The predicted octanol–water partition coefficient (Wildman–Crippen LogP) is -0.0671. The molecule has 1 unspecified atom stereocenters. The third-order valence-corrected chi connectivity index (χ3v) is 6.30. The van der Waals surface area contributed by atoms with Crippen molar-refractivity contribution in [2.24, 2.45) is 10.9 Å². The SMILES string of the molecule is NN=CC(=O)CC1=C(C(=O)O)N2C(=O)C(NC(=O)Cc3cccs3)[C@@H]2SC1. The minimum atomic E-state index is -1.29. The first kappa shape index (κ1) is 19.1. The maximum atomic E-state index is 12.5. The van der Waals surface area contributed by atoms with E-state index in [2.05, 4.69) is 10.4 Å². The van der Waals surface area contributed by atoms with E-state index in [0.717, 1.165) is 16.0 Å². The van der Waals surface area contributed by atoms with Crippen molar-refractivity contribution in [2.75, 3.05) is 5.75 Å². The Labute approximate surface area is 162 Å². The third-order valence-electron chi connectivity index (χ3n) is 4.09. The summed E-state index contributed by atoms with van der Waals surface area (Å²) in [5.41, 5.74) is 0.122. The Hall–Kier alpha value is -2.66. The van der Waals surface area contributed by atoms with Crippen LogP contribution in [0.4, 0.5) is 0 Å². The van der Waals surface area contributed by atoms with Crippen LogP contribution in [0.2, 0.25) is 0 Å². The summed E-state index contributed by atoms with van der Waals surface area (Å²) in [6.45, 7) is 0. The lowest BCUT2D eigenvalue weighted by atomic mass is 10.0. The molecule has 1 aromatic rings. The number of carbonyl (C=O) groups is 4. The fourth-order valence-corrected chi connectivity index (χ4v) is 5.00. The van der Waals surface area contributed by atoms with Crippen molar-refractivity contribution in [2.45, 2.75) is 24.3 Å². The first-order chi connectivity index (χ1) is 12.9. The van der Waals surface area contributed by atoms with Gasteiger partial charge in [0.2, 0.25) is 5.91 Å². The fraction of sp³-hybridized carbons (Fsp3) is 0.312. The summed E-state index contributed by atoms with van der Waals surface area (Å²) < 4.78 is 0. The fourth-order valence-electron chi connectivity index (χ4n) is 2.95. The van der Waals surface area contributed by atoms with Crippen LogP contribution in [-0.2, 0) is 25.6 Å². The van der Waals surface area contributed by atoms with Crippen LogP contribution in [-0.4, -0.2) is 57.0 Å². The zero-order valence-corrected chi connectivity index (χ0v) is 15.6. The normalized spacial score (nSPS) is 21.8. The molecule has 27 heavy (non-hydrogen) atoms. The van der Waals surface area contributed by atoms with Gasteiger partial charge < -0.3 is 16.3 Å². The first-order valence-electron chi connectivity index (χ1n) is 7.90. The van der Waals surface area contributed by atoms with Crippen molar-refractivity contribution in [1.29, 1.82) is 0 Å². The highest BCUT2D eigenvalue weighted by Crippen LogP contribution is 2.41. The summed E-state index contributed by atoms with van der Waals surface area (Å²) >= 11 is 2.75. The Balaban J connectivity index is 1.72. The number of Topliss-reactive ketones (excluding diaryl/α,β-unsaturated/α-hetero) is 1. The van der Waals surface area contributed by atoms with E-state index in [1.165, 1.54) is 23.1 Å². The minimum absolute atomic E-state index is 0.165. The summed E-state index contributed by atoms with van der Waals surface area (Å²) in [4.78, 5) is 50.0. The van der Waals surface area contributed by atoms with Gasteiger partial charge in [0.1, 0.15) is 17.1 Å². The van der Waals surface area contributed by atoms with Crippen LogP contribution in [0.5, 0.6) is 0 Å². The molecule has 2 aliphatic heterocycles. The van der Waals surface area contributed by atoms with Crippen LogP contribution < -0.4 is 11.2 Å². The van der Waals surface area contributed by atoms with Crippen molar-refractivity contribution in [3.8, 4) is 0 Å². The van der Waals surface area contributed by atoms with Crippen LogP contribution in [0.3, 0.4) is 0 Å². The zero-order valence-electron chi connectivity index (χ0n) is 14.0. The number of β-lactam (4-membered cyclic amide) rings is 1. The number of thiophene rings is 1. The molecule has 2 aliphatic rings. The summed E-state index contributed by atoms with van der Waals surface area (Å²) in [5, 5.41) is 16.7. The number of hydrogen-bond acceptors (Lipinski definition) is 8. The number of ketones is 1. The van der Waals surface area contributed by atoms with Crippen LogP contribution in [0.25, 0.3) is 0 Å². The van der Waals surface area contributed by atoms with E-state index in [-0.39, 0.29) is 30.2 Å². The Kier molecular flexibility index (Phi) is 5.61. The van der Waals surface area contributed by atoms with Gasteiger partial charge in [0.05, 0.1) is 12.6 Å². The Morgan fingerprint density at radius 3 is 2.81 bits per heavy atom. The molecule has 11 heteroatoms. The van der Waals surface area contributed by atoms with Gasteiger partial charge in [-0.05, 0) is 17.0 Å². The summed E-state index contributed by atoms with van der Waals surface area (Å²) in [6.07, 6.45) is 0.897. The van der Waals surface area contributed by atoms with Crippen molar-refractivity contribution < 1.29 is 24.3 Å². The predicted molar refractivity (Wildman–Crippen MR) is 100 cm³/mol. The topological polar surface area (TPSA) is 142 Å². The molecule has 0 bridgehead atoms. The molecule has 0 radical (unpaired) electrons. The van der Waals surface area contributed by atoms with Crippen molar-refractivity contribution >= 4 is 52.9 Å². The molecule has 4 N–H and O–H groups in total. The van der Waals surface area contributed by atoms with Gasteiger partial charge in [-0.2, -0.15) is 5.10 Å². The molecule has 0 spiro atoms. The number of carboxylic acid groups (broad SMARTS) is 1. The van der Waals surface area contributed by atoms with Gasteiger partial charge in [0.15, 0.2) is 5.78 Å². The van der Waals surface area contributed by atoms with E-state index in [1.54, 1.807) is 0 Å². The Bertz CT molecular complexity index is 849. The Morgan fingerprint density at radius 2 is 2.19 bits per heavy atom. The van der Waals surface area contributed by atoms with Crippen LogP contribution >= 0.6 is 23.1 Å². The highest BCUT2D eigenvalue weighted by Gasteiger charge is 2.54. The molecule has 3 heterocycles. The second-order valence-corrected chi connectivity index (χ2v) is 8.03. The van der Waals surface area contributed by atoms with Crippen molar-refractivity contribution in [1.82, 2.24) is 10.2 Å². The zero-order chi connectivity index (χ0) is 19.6. The van der Waals surface area contributed by atoms with Gasteiger partial charge in [0, 0.05) is 17.1 Å². The monoisotopic (exact) mass is 408 g/mol. The van der Waals surface area contributed by atoms with Gasteiger partial charge in [-0.3, -0.25) is 19.3 Å². The smallest absolute Gasteiger partial charge is 0.352 e. The van der Waals surface area contributed by atoms with E-state index in [4.69, 9.17) is 5.84 Å². The average Bonchev–Trinajstić information content (AvgIpc) is 3.12. The molecule has 0 aromatic carbocycles. The Morgan fingerprint density at radius 1 is 1.41 bits per heavy atom. The van der Waals surface area contributed by atoms with E-state index >= 15 is 0 Å². The quantitative estimate of drug-likeness (QED) is 0.248. The number of thioether (sulfide) groups is 1. The van der Waals surface area contributed by atoms with Gasteiger partial charge in [-0.15, -0.1) is 23.1 Å². The number of fused-ring (bicyclic) bond motifs is 1. The second kappa shape index (κ2) is 7.92. The molecule has 2 atom stereocenters. The number of hydrogen-bond donors (Lipinski definition) is 3. The molecule has 1 saturated heterocycles. The molecule has 3 rings (SSSR count). The van der Waals surface area contributed by atoms with Gasteiger partial charge in [-0.1, -0.05) is 6.07 Å². The molecular formula is C16H16N4O5S2.